The first-order valence-corrected chi connectivity index (χ1v) is 7.55. The lowest BCUT2D eigenvalue weighted by Crippen LogP contribution is -2.36. The number of aromatic amines is 1. The number of benzene rings is 1. The zero-order valence-corrected chi connectivity index (χ0v) is 14.0. The van der Waals surface area contributed by atoms with Crippen LogP contribution in [0.2, 0.25) is 0 Å². The van der Waals surface area contributed by atoms with E-state index in [2.05, 4.69) is 26.2 Å². The van der Waals surface area contributed by atoms with Gasteiger partial charge < -0.3 is 20.8 Å². The lowest BCUT2D eigenvalue weighted by atomic mass is 10.1. The van der Waals surface area contributed by atoms with Crippen molar-refractivity contribution in [1.82, 2.24) is 10.3 Å². The third-order valence-corrected chi connectivity index (χ3v) is 3.61. The topological polar surface area (TPSA) is 80.1 Å². The van der Waals surface area contributed by atoms with Crippen molar-refractivity contribution in [2.75, 3.05) is 6.54 Å². The number of aromatic nitrogens is 1. The van der Waals surface area contributed by atoms with E-state index in [0.717, 1.165) is 20.9 Å². The highest BCUT2D eigenvalue weighted by atomic mass is 79.9. The van der Waals surface area contributed by atoms with E-state index in [-0.39, 0.29) is 6.04 Å². The summed E-state index contributed by atoms with van der Waals surface area (Å²) in [5.41, 5.74) is 7.62. The highest BCUT2D eigenvalue weighted by Gasteiger charge is 2.18. The maximum atomic E-state index is 11.7. The molecule has 1 aromatic heterocycles. The molecule has 0 aliphatic heterocycles. The number of nitrogens with one attached hydrogen (secondary N) is 2. The molecule has 1 unspecified atom stereocenters. The van der Waals surface area contributed by atoms with Gasteiger partial charge in [0.2, 0.25) is 0 Å². The van der Waals surface area contributed by atoms with E-state index in [1.54, 1.807) is 0 Å². The summed E-state index contributed by atoms with van der Waals surface area (Å²) in [5.74, 6) is 0. The van der Waals surface area contributed by atoms with Crippen LogP contribution in [0.3, 0.4) is 0 Å². The molecule has 5 nitrogen and oxygen atoms in total. The average Bonchev–Trinajstić information content (AvgIpc) is 2.79. The Morgan fingerprint density at radius 2 is 2.19 bits per heavy atom. The van der Waals surface area contributed by atoms with Crippen LogP contribution in [0, 0.1) is 0 Å². The molecular weight excluding hydrogens is 334 g/mol. The minimum atomic E-state index is -0.516. The molecule has 2 rings (SSSR count). The van der Waals surface area contributed by atoms with Gasteiger partial charge in [0.05, 0.1) is 0 Å². The zero-order valence-electron chi connectivity index (χ0n) is 12.4. The summed E-state index contributed by atoms with van der Waals surface area (Å²) < 4.78 is 6.17. The predicted octanol–water partition coefficient (Wildman–Crippen LogP) is 3.45. The van der Waals surface area contributed by atoms with Gasteiger partial charge in [-0.05, 0) is 38.5 Å². The fourth-order valence-electron chi connectivity index (χ4n) is 2.08. The Hall–Kier alpha value is -1.53. The van der Waals surface area contributed by atoms with Gasteiger partial charge in [-0.2, -0.15) is 0 Å². The Morgan fingerprint density at radius 1 is 1.48 bits per heavy atom. The number of carbonyl (C=O) groups is 1. The van der Waals surface area contributed by atoms with E-state index >= 15 is 0 Å². The molecule has 1 atom stereocenters. The monoisotopic (exact) mass is 353 g/mol. The van der Waals surface area contributed by atoms with E-state index in [1.165, 1.54) is 0 Å². The molecule has 1 amide bonds. The van der Waals surface area contributed by atoms with Gasteiger partial charge in [-0.15, -0.1) is 0 Å². The van der Waals surface area contributed by atoms with Crippen molar-refractivity contribution in [2.24, 2.45) is 5.73 Å². The number of alkyl carbamates (subject to hydrolysis) is 1. The molecule has 0 bridgehead atoms. The van der Waals surface area contributed by atoms with Crippen molar-refractivity contribution in [3.8, 4) is 0 Å². The number of carbonyl (C=O) groups excluding carboxylic acids is 1. The van der Waals surface area contributed by atoms with Gasteiger partial charge in [-0.3, -0.25) is 0 Å². The van der Waals surface area contributed by atoms with Crippen LogP contribution in [-0.4, -0.2) is 23.2 Å². The highest BCUT2D eigenvalue weighted by molar-refractivity contribution is 9.10. The Labute approximate surface area is 132 Å². The summed E-state index contributed by atoms with van der Waals surface area (Å²) in [6.07, 6.45) is 1.41. The number of fused-ring (bicyclic) bond motifs is 1. The minimum Gasteiger partial charge on any atom is -0.444 e. The summed E-state index contributed by atoms with van der Waals surface area (Å²) in [7, 11) is 0. The smallest absolute Gasteiger partial charge is 0.407 e. The number of ether oxygens (including phenoxy) is 1. The molecule has 0 saturated carbocycles. The maximum absolute atomic E-state index is 11.7. The number of nitrogens with two attached hydrogens (primary N) is 1. The summed E-state index contributed by atoms with van der Waals surface area (Å²) in [6, 6.07) is 5.59. The minimum absolute atomic E-state index is 0.309. The molecule has 1 aromatic carbocycles. The van der Waals surface area contributed by atoms with E-state index < -0.39 is 11.7 Å². The van der Waals surface area contributed by atoms with Crippen molar-refractivity contribution in [3.05, 3.63) is 34.4 Å². The van der Waals surface area contributed by atoms with Gasteiger partial charge in [0.15, 0.2) is 0 Å². The first kappa shape index (κ1) is 15.9. The van der Waals surface area contributed by atoms with E-state index in [0.29, 0.717) is 6.54 Å². The van der Waals surface area contributed by atoms with Gasteiger partial charge in [0, 0.05) is 34.2 Å². The van der Waals surface area contributed by atoms with Crippen molar-refractivity contribution in [1.29, 1.82) is 0 Å². The molecule has 0 fully saturated rings. The lowest BCUT2D eigenvalue weighted by molar-refractivity contribution is 0.0524. The normalized spacial score (nSPS) is 13.2. The molecule has 0 saturated heterocycles. The molecule has 0 aliphatic rings. The predicted molar refractivity (Wildman–Crippen MR) is 87.2 cm³/mol. The zero-order chi connectivity index (χ0) is 15.6. The maximum Gasteiger partial charge on any atom is 0.407 e. The Bertz CT molecular complexity index is 646. The Balaban J connectivity index is 2.06. The Morgan fingerprint density at radius 3 is 2.86 bits per heavy atom. The first-order valence-electron chi connectivity index (χ1n) is 6.76. The number of amides is 1. The molecule has 0 radical (unpaired) electrons. The van der Waals surface area contributed by atoms with Gasteiger partial charge in [-0.1, -0.05) is 22.0 Å². The third kappa shape index (κ3) is 3.98. The molecule has 114 valence electrons. The van der Waals surface area contributed by atoms with Crippen LogP contribution in [0.5, 0.6) is 0 Å². The highest BCUT2D eigenvalue weighted by Crippen LogP contribution is 2.29. The number of hydrogen-bond acceptors (Lipinski definition) is 3. The van der Waals surface area contributed by atoms with Crippen LogP contribution in [0.4, 0.5) is 4.79 Å². The second-order valence-electron chi connectivity index (χ2n) is 5.90. The largest absolute Gasteiger partial charge is 0.444 e. The standard InChI is InChI=1S/C15H20BrN3O2/c1-15(2,3)21-14(20)19-8-11(17)9-7-18-12-6-4-5-10(16)13(9)12/h4-7,11,18H,8,17H2,1-3H3,(H,19,20). The van der Waals surface area contributed by atoms with Crippen LogP contribution >= 0.6 is 15.9 Å². The van der Waals surface area contributed by atoms with Crippen LogP contribution in [0.1, 0.15) is 32.4 Å². The van der Waals surface area contributed by atoms with Crippen molar-refractivity contribution >= 4 is 32.9 Å². The molecule has 1 heterocycles. The van der Waals surface area contributed by atoms with Crippen molar-refractivity contribution in [2.45, 2.75) is 32.4 Å². The molecule has 0 spiro atoms. The molecular formula is C15H20BrN3O2. The van der Waals surface area contributed by atoms with E-state index in [9.17, 15) is 4.79 Å². The Kier molecular flexibility index (Phi) is 4.58. The van der Waals surface area contributed by atoms with Crippen molar-refractivity contribution in [3.63, 3.8) is 0 Å². The molecule has 2 aromatic rings. The average molecular weight is 354 g/mol. The van der Waals surface area contributed by atoms with Crippen LogP contribution < -0.4 is 11.1 Å². The molecule has 0 aliphatic carbocycles. The van der Waals surface area contributed by atoms with Crippen molar-refractivity contribution < 1.29 is 9.53 Å². The molecule has 6 heteroatoms. The molecule has 4 N–H and O–H groups in total. The van der Waals surface area contributed by atoms with E-state index in [4.69, 9.17) is 10.5 Å². The second kappa shape index (κ2) is 6.07. The SMILES string of the molecule is CC(C)(C)OC(=O)NCC(N)c1c[nH]c2cccc(Br)c12. The quantitative estimate of drug-likeness (QED) is 0.790. The number of H-pyrrole nitrogens is 1. The summed E-state index contributed by atoms with van der Waals surface area (Å²) in [6.45, 7) is 5.78. The lowest BCUT2D eigenvalue weighted by Gasteiger charge is -2.20. The van der Waals surface area contributed by atoms with Gasteiger partial charge in [0.25, 0.3) is 0 Å². The second-order valence-corrected chi connectivity index (χ2v) is 6.75. The van der Waals surface area contributed by atoms with Gasteiger partial charge in [0.1, 0.15) is 5.60 Å². The van der Waals surface area contributed by atoms with Crippen LogP contribution in [0.15, 0.2) is 28.9 Å². The number of hydrogen-bond donors (Lipinski definition) is 3. The van der Waals surface area contributed by atoms with Crippen LogP contribution in [0.25, 0.3) is 10.9 Å². The summed E-state index contributed by atoms with van der Waals surface area (Å²) >= 11 is 3.53. The fraction of sp³-hybridized carbons (Fsp3) is 0.400. The summed E-state index contributed by atoms with van der Waals surface area (Å²) in [5, 5.41) is 3.73. The fourth-order valence-corrected chi connectivity index (χ4v) is 2.67. The number of rotatable bonds is 3. The van der Waals surface area contributed by atoms with E-state index in [1.807, 2.05) is 45.2 Å². The van der Waals surface area contributed by atoms with Crippen LogP contribution in [-0.2, 0) is 4.74 Å². The first-order chi connectivity index (χ1) is 9.78. The van der Waals surface area contributed by atoms with Gasteiger partial charge in [-0.25, -0.2) is 4.79 Å². The summed E-state index contributed by atoms with van der Waals surface area (Å²) in [4.78, 5) is 14.8. The molecule has 21 heavy (non-hydrogen) atoms. The number of halogens is 1. The third-order valence-electron chi connectivity index (χ3n) is 2.95. The van der Waals surface area contributed by atoms with Gasteiger partial charge >= 0.3 is 6.09 Å².